The van der Waals surface area contributed by atoms with Gasteiger partial charge in [-0.15, -0.1) is 0 Å². The van der Waals surface area contributed by atoms with Crippen LogP contribution in [0.4, 0.5) is 0 Å². The summed E-state index contributed by atoms with van der Waals surface area (Å²) in [6.45, 7) is -0.505. The highest BCUT2D eigenvalue weighted by atomic mass is 16.5. The van der Waals surface area contributed by atoms with E-state index in [4.69, 9.17) is 9.47 Å². The Morgan fingerprint density at radius 3 is 1.56 bits per heavy atom. The van der Waals surface area contributed by atoms with Crippen LogP contribution in [0.15, 0.2) is 85.2 Å². The minimum atomic E-state index is -1.93. The van der Waals surface area contributed by atoms with Crippen LogP contribution in [0, 0.1) is 10.8 Å². The molecule has 15 nitrogen and oxygen atoms in total. The molecule has 0 aromatic carbocycles. The van der Waals surface area contributed by atoms with Gasteiger partial charge in [0.2, 0.25) is 0 Å². The first kappa shape index (κ1) is 34.2. The zero-order chi connectivity index (χ0) is 35.6. The van der Waals surface area contributed by atoms with Crippen LogP contribution in [0.3, 0.4) is 0 Å². The summed E-state index contributed by atoms with van der Waals surface area (Å²) < 4.78 is 10.9. The molecule has 2 aliphatic rings. The monoisotopic (exact) mass is 682 g/mol. The van der Waals surface area contributed by atoms with Crippen molar-refractivity contribution >= 4 is 23.9 Å². The lowest BCUT2D eigenvalue weighted by molar-refractivity contribution is -0.255. The number of likely N-dealkylation sites (tertiary alicyclic amines) is 2. The van der Waals surface area contributed by atoms with Gasteiger partial charge in [0.15, 0.2) is 0 Å². The molecule has 50 heavy (non-hydrogen) atoms. The van der Waals surface area contributed by atoms with Crippen molar-refractivity contribution in [1.29, 1.82) is 0 Å². The third kappa shape index (κ3) is 5.74. The molecule has 0 aliphatic carbocycles. The van der Waals surface area contributed by atoms with E-state index < -0.39 is 52.9 Å². The number of aliphatic hydroxyl groups excluding tert-OH is 1. The molecule has 2 bridgehead atoms. The summed E-state index contributed by atoms with van der Waals surface area (Å²) in [7, 11) is 2.37. The summed E-state index contributed by atoms with van der Waals surface area (Å²) in [5.41, 5.74) is -2.94. The van der Waals surface area contributed by atoms with E-state index in [0.717, 1.165) is 0 Å². The number of esters is 2. The number of aromatic nitrogens is 4. The lowest BCUT2D eigenvalue weighted by Gasteiger charge is -2.65. The van der Waals surface area contributed by atoms with Gasteiger partial charge in [0.1, 0.15) is 22.2 Å². The smallest absolute Gasteiger partial charge is 0.354 e. The Balaban J connectivity index is 1.65. The summed E-state index contributed by atoms with van der Waals surface area (Å²) >= 11 is 0. The van der Waals surface area contributed by atoms with Gasteiger partial charge in [-0.2, -0.15) is 0 Å². The fourth-order valence-electron chi connectivity index (χ4n) is 7.62. The predicted octanol–water partition coefficient (Wildman–Crippen LogP) is 2.16. The number of carboxylic acid groups (broad SMARTS) is 2. The lowest BCUT2D eigenvalue weighted by Crippen LogP contribution is -2.77. The number of ether oxygens (including phenoxy) is 2. The van der Waals surface area contributed by atoms with Gasteiger partial charge in [0.05, 0.1) is 55.2 Å². The molecule has 4 aromatic heterocycles. The molecule has 4 aromatic rings. The van der Waals surface area contributed by atoms with E-state index in [1.807, 2.05) is 0 Å². The van der Waals surface area contributed by atoms with E-state index in [2.05, 4.69) is 19.9 Å². The second kappa shape index (κ2) is 13.7. The van der Waals surface area contributed by atoms with Crippen molar-refractivity contribution < 1.29 is 44.0 Å². The SMILES string of the molecule is COC(=O)C12CN(Cc3cccc(C(=O)O)n3)CC(C(=O)OC)(C(c3ccccn3)N(Cc3cccc(C(=O)O)n3)C1c1ccccn1)C2O. The molecule has 6 heterocycles. The Kier molecular flexibility index (Phi) is 9.38. The van der Waals surface area contributed by atoms with Crippen LogP contribution in [-0.4, -0.2) is 102 Å². The number of hydrogen-bond donors (Lipinski definition) is 3. The van der Waals surface area contributed by atoms with E-state index >= 15 is 0 Å². The van der Waals surface area contributed by atoms with Gasteiger partial charge < -0.3 is 24.8 Å². The Morgan fingerprint density at radius 2 is 1.16 bits per heavy atom. The summed E-state index contributed by atoms with van der Waals surface area (Å²) in [6, 6.07) is 17.0. The summed E-state index contributed by atoms with van der Waals surface area (Å²) in [5, 5.41) is 32.1. The minimum Gasteiger partial charge on any atom is -0.477 e. The van der Waals surface area contributed by atoms with Crippen molar-refractivity contribution in [2.75, 3.05) is 27.3 Å². The molecular weight excluding hydrogens is 648 g/mol. The second-order valence-electron chi connectivity index (χ2n) is 12.2. The molecule has 0 spiro atoms. The molecule has 4 unspecified atom stereocenters. The average molecular weight is 683 g/mol. The topological polar surface area (TPSA) is 205 Å². The Morgan fingerprint density at radius 1 is 0.700 bits per heavy atom. The van der Waals surface area contributed by atoms with Crippen molar-refractivity contribution in [2.24, 2.45) is 10.8 Å². The quantitative estimate of drug-likeness (QED) is 0.205. The fraction of sp³-hybridized carbons (Fsp3) is 0.314. The van der Waals surface area contributed by atoms with Gasteiger partial charge in [0.25, 0.3) is 0 Å². The van der Waals surface area contributed by atoms with Crippen molar-refractivity contribution in [3.05, 3.63) is 119 Å². The van der Waals surface area contributed by atoms with Crippen LogP contribution in [0.5, 0.6) is 0 Å². The lowest BCUT2D eigenvalue weighted by atomic mass is 9.53. The third-order valence-corrected chi connectivity index (χ3v) is 9.43. The maximum Gasteiger partial charge on any atom is 0.354 e. The van der Waals surface area contributed by atoms with Crippen molar-refractivity contribution in [1.82, 2.24) is 29.7 Å². The maximum atomic E-state index is 14.5. The fourth-order valence-corrected chi connectivity index (χ4v) is 7.62. The van der Waals surface area contributed by atoms with Crippen LogP contribution >= 0.6 is 0 Å². The molecule has 2 fully saturated rings. The van der Waals surface area contributed by atoms with Crippen molar-refractivity contribution in [2.45, 2.75) is 31.3 Å². The number of carbonyl (C=O) groups excluding carboxylic acids is 2. The summed E-state index contributed by atoms with van der Waals surface area (Å²) in [4.78, 5) is 74.0. The van der Waals surface area contributed by atoms with Gasteiger partial charge >= 0.3 is 23.9 Å². The number of nitrogens with zero attached hydrogens (tertiary/aromatic N) is 6. The van der Waals surface area contributed by atoms with E-state index in [1.165, 1.54) is 38.7 Å². The van der Waals surface area contributed by atoms with Crippen LogP contribution in [-0.2, 0) is 32.2 Å². The molecule has 2 saturated heterocycles. The van der Waals surface area contributed by atoms with Crippen LogP contribution < -0.4 is 0 Å². The normalized spacial score (nSPS) is 25.0. The number of piperidine rings is 2. The highest BCUT2D eigenvalue weighted by molar-refractivity contribution is 5.87. The molecule has 3 N–H and O–H groups in total. The van der Waals surface area contributed by atoms with E-state index in [-0.39, 0.29) is 37.6 Å². The molecule has 258 valence electrons. The molecule has 0 radical (unpaired) electrons. The Labute approximate surface area is 286 Å². The standard InChI is InChI=1S/C35H34N6O9/c1-49-32(47)34-19-40(17-21-9-7-13-25(38-21)29(42)43)20-35(31(34)46,33(48)50-2)28(24-12-4-6-16-37-24)41(27(34)23-11-3-5-15-36-23)18-22-10-8-14-26(39-22)30(44)45/h3-16,27-28,31,46H,17-20H2,1-2H3,(H,42,43)(H,44,45). The van der Waals surface area contributed by atoms with Crippen LogP contribution in [0.2, 0.25) is 0 Å². The highest BCUT2D eigenvalue weighted by Crippen LogP contribution is 2.63. The molecule has 2 aliphatic heterocycles. The van der Waals surface area contributed by atoms with Gasteiger partial charge in [-0.25, -0.2) is 19.6 Å². The molecule has 15 heteroatoms. The largest absolute Gasteiger partial charge is 0.477 e. The molecule has 0 saturated carbocycles. The number of carboxylic acids is 2. The Bertz CT molecular complexity index is 1840. The Hall–Kier alpha value is -5.64. The zero-order valence-electron chi connectivity index (χ0n) is 27.1. The number of carbonyl (C=O) groups is 4. The van der Waals surface area contributed by atoms with Crippen molar-refractivity contribution in [3.8, 4) is 0 Å². The van der Waals surface area contributed by atoms with E-state index in [0.29, 0.717) is 22.8 Å². The first-order valence-electron chi connectivity index (χ1n) is 15.6. The average Bonchev–Trinajstić information content (AvgIpc) is 3.13. The molecule has 0 amide bonds. The van der Waals surface area contributed by atoms with Gasteiger partial charge in [-0.3, -0.25) is 29.4 Å². The second-order valence-corrected chi connectivity index (χ2v) is 12.2. The number of fused-ring (bicyclic) bond motifs is 2. The molecular formula is C35H34N6O9. The zero-order valence-corrected chi connectivity index (χ0v) is 27.1. The van der Waals surface area contributed by atoms with Crippen LogP contribution in [0.1, 0.15) is 55.8 Å². The number of pyridine rings is 4. The highest BCUT2D eigenvalue weighted by Gasteiger charge is 2.75. The number of aliphatic hydroxyl groups is 1. The van der Waals surface area contributed by atoms with E-state index in [1.54, 1.807) is 70.5 Å². The summed E-state index contributed by atoms with van der Waals surface area (Å²) in [5.74, 6) is -4.16. The maximum absolute atomic E-state index is 14.5. The van der Waals surface area contributed by atoms with Gasteiger partial charge in [-0.05, 0) is 48.5 Å². The first-order chi connectivity index (χ1) is 24.1. The number of methoxy groups -OCH3 is 2. The van der Waals surface area contributed by atoms with Crippen LogP contribution in [0.25, 0.3) is 0 Å². The van der Waals surface area contributed by atoms with E-state index in [9.17, 15) is 34.5 Å². The predicted molar refractivity (Wildman–Crippen MR) is 172 cm³/mol. The summed E-state index contributed by atoms with van der Waals surface area (Å²) in [6.07, 6.45) is 1.33. The molecule has 6 rings (SSSR count). The first-order valence-corrected chi connectivity index (χ1v) is 15.6. The number of hydrogen-bond acceptors (Lipinski definition) is 13. The van der Waals surface area contributed by atoms with Gasteiger partial charge in [-0.1, -0.05) is 24.3 Å². The van der Waals surface area contributed by atoms with Crippen molar-refractivity contribution in [3.63, 3.8) is 0 Å². The minimum absolute atomic E-state index is 0.0165. The number of rotatable bonds is 10. The third-order valence-electron chi connectivity index (χ3n) is 9.43. The number of aromatic carboxylic acids is 2. The van der Waals surface area contributed by atoms with Gasteiger partial charge in [0, 0.05) is 38.6 Å². The molecule has 4 atom stereocenters.